The van der Waals surface area contributed by atoms with Crippen LogP contribution in [-0.2, 0) is 0 Å². The number of piperazine rings is 1. The Hall–Kier alpha value is -0.580. The fourth-order valence-corrected chi connectivity index (χ4v) is 2.49. The molecule has 1 amide bonds. The molecule has 0 saturated carbocycles. The maximum Gasteiger partial charge on any atom is 0.254 e. The van der Waals surface area contributed by atoms with E-state index in [1.807, 2.05) is 30.0 Å². The van der Waals surface area contributed by atoms with E-state index in [0.717, 1.165) is 28.7 Å². The van der Waals surface area contributed by atoms with Crippen molar-refractivity contribution in [2.24, 2.45) is 0 Å². The van der Waals surface area contributed by atoms with Crippen molar-refractivity contribution in [3.8, 4) is 0 Å². The van der Waals surface area contributed by atoms with Gasteiger partial charge in [-0.05, 0) is 44.5 Å². The zero-order chi connectivity index (χ0) is 13.3. The van der Waals surface area contributed by atoms with E-state index in [-0.39, 0.29) is 24.4 Å². The number of nitrogens with zero attached hydrogens (tertiary/aromatic N) is 1. The van der Waals surface area contributed by atoms with Gasteiger partial charge in [-0.2, -0.15) is 0 Å². The maximum atomic E-state index is 12.5. The Morgan fingerprint density at radius 3 is 2.74 bits per heavy atom. The highest BCUT2D eigenvalue weighted by Gasteiger charge is 2.27. The molecule has 2 rings (SSSR count). The number of hydrogen-bond acceptors (Lipinski definition) is 2. The van der Waals surface area contributed by atoms with E-state index in [9.17, 15) is 4.79 Å². The van der Waals surface area contributed by atoms with Crippen molar-refractivity contribution in [2.45, 2.75) is 32.9 Å². The quantitative estimate of drug-likeness (QED) is 0.847. The van der Waals surface area contributed by atoms with Crippen molar-refractivity contribution in [1.82, 2.24) is 10.2 Å². The fraction of sp³-hybridized carbons (Fsp3) is 0.500. The van der Waals surface area contributed by atoms with Crippen LogP contribution in [0.3, 0.4) is 0 Å². The normalized spacial score (nSPS) is 22.8. The van der Waals surface area contributed by atoms with Crippen LogP contribution >= 0.6 is 28.3 Å². The molecule has 106 valence electrons. The van der Waals surface area contributed by atoms with Gasteiger partial charge in [-0.15, -0.1) is 12.4 Å². The molecule has 0 aliphatic carbocycles. The maximum absolute atomic E-state index is 12.5. The SMILES string of the molecule is Cc1cc(C(=O)N2CC(C)NCC2C)ccc1Br.Cl. The predicted octanol–water partition coefficient (Wildman–Crippen LogP) is 3.00. The number of carbonyl (C=O) groups excluding carboxylic acids is 1. The standard InChI is InChI=1S/C14H19BrN2O.ClH/c1-9-6-12(4-5-13(9)15)14(18)17-8-10(2)16-7-11(17)3;/h4-6,10-11,16H,7-8H2,1-3H3;1H. The van der Waals surface area contributed by atoms with E-state index in [1.165, 1.54) is 0 Å². The van der Waals surface area contributed by atoms with Crippen LogP contribution in [0.15, 0.2) is 22.7 Å². The van der Waals surface area contributed by atoms with Crippen molar-refractivity contribution in [2.75, 3.05) is 13.1 Å². The Morgan fingerprint density at radius 2 is 2.11 bits per heavy atom. The molecule has 2 atom stereocenters. The monoisotopic (exact) mass is 346 g/mol. The van der Waals surface area contributed by atoms with Gasteiger partial charge in [0.05, 0.1) is 0 Å². The summed E-state index contributed by atoms with van der Waals surface area (Å²) in [6.07, 6.45) is 0. The van der Waals surface area contributed by atoms with E-state index >= 15 is 0 Å². The van der Waals surface area contributed by atoms with Crippen LogP contribution in [0.4, 0.5) is 0 Å². The smallest absolute Gasteiger partial charge is 0.254 e. The predicted molar refractivity (Wildman–Crippen MR) is 84.1 cm³/mol. The molecule has 1 aromatic rings. The zero-order valence-corrected chi connectivity index (χ0v) is 13.8. The Balaban J connectivity index is 0.00000180. The molecular formula is C14H20BrClN2O. The van der Waals surface area contributed by atoms with Gasteiger partial charge in [-0.3, -0.25) is 4.79 Å². The second kappa shape index (κ2) is 6.73. The first-order chi connectivity index (χ1) is 8.49. The second-order valence-corrected chi connectivity index (χ2v) is 5.93. The van der Waals surface area contributed by atoms with E-state index in [1.54, 1.807) is 0 Å². The number of halogens is 2. The second-order valence-electron chi connectivity index (χ2n) is 5.08. The zero-order valence-electron chi connectivity index (χ0n) is 11.4. The van der Waals surface area contributed by atoms with Crippen molar-refractivity contribution >= 4 is 34.2 Å². The van der Waals surface area contributed by atoms with Gasteiger partial charge in [-0.1, -0.05) is 15.9 Å². The summed E-state index contributed by atoms with van der Waals surface area (Å²) in [6, 6.07) is 6.39. The third kappa shape index (κ3) is 3.71. The summed E-state index contributed by atoms with van der Waals surface area (Å²) < 4.78 is 1.04. The molecular weight excluding hydrogens is 328 g/mol. The summed E-state index contributed by atoms with van der Waals surface area (Å²) in [5, 5.41) is 3.39. The molecule has 1 fully saturated rings. The van der Waals surface area contributed by atoms with Crippen LogP contribution < -0.4 is 5.32 Å². The number of rotatable bonds is 1. The molecule has 0 radical (unpaired) electrons. The van der Waals surface area contributed by atoms with Crippen LogP contribution in [0.2, 0.25) is 0 Å². The topological polar surface area (TPSA) is 32.3 Å². The minimum atomic E-state index is 0. The van der Waals surface area contributed by atoms with Crippen molar-refractivity contribution in [3.05, 3.63) is 33.8 Å². The fourth-order valence-electron chi connectivity index (χ4n) is 2.25. The lowest BCUT2D eigenvalue weighted by atomic mass is 10.1. The van der Waals surface area contributed by atoms with Crippen molar-refractivity contribution in [1.29, 1.82) is 0 Å². The van der Waals surface area contributed by atoms with E-state index in [2.05, 4.69) is 35.1 Å². The average molecular weight is 348 g/mol. The minimum absolute atomic E-state index is 0. The summed E-state index contributed by atoms with van der Waals surface area (Å²) >= 11 is 3.46. The number of carbonyl (C=O) groups is 1. The molecule has 1 saturated heterocycles. The summed E-state index contributed by atoms with van der Waals surface area (Å²) in [5.74, 6) is 0.131. The average Bonchev–Trinajstić information content (AvgIpc) is 2.35. The third-order valence-corrected chi connectivity index (χ3v) is 4.32. The lowest BCUT2D eigenvalue weighted by Crippen LogP contribution is -2.56. The first kappa shape index (κ1) is 16.5. The molecule has 0 spiro atoms. The van der Waals surface area contributed by atoms with Gasteiger partial charge < -0.3 is 10.2 Å². The molecule has 2 unspecified atom stereocenters. The number of benzene rings is 1. The number of amides is 1. The van der Waals surface area contributed by atoms with Gasteiger partial charge in [0.25, 0.3) is 5.91 Å². The molecule has 1 heterocycles. The molecule has 3 nitrogen and oxygen atoms in total. The highest BCUT2D eigenvalue weighted by atomic mass is 79.9. The van der Waals surface area contributed by atoms with Gasteiger partial charge >= 0.3 is 0 Å². The van der Waals surface area contributed by atoms with Crippen LogP contribution in [0.1, 0.15) is 29.8 Å². The lowest BCUT2D eigenvalue weighted by Gasteiger charge is -2.37. The minimum Gasteiger partial charge on any atom is -0.333 e. The summed E-state index contributed by atoms with van der Waals surface area (Å²) in [4.78, 5) is 14.5. The van der Waals surface area contributed by atoms with Gasteiger partial charge in [0.2, 0.25) is 0 Å². The summed E-state index contributed by atoms with van der Waals surface area (Å²) in [5.41, 5.74) is 1.87. The molecule has 0 bridgehead atoms. The lowest BCUT2D eigenvalue weighted by molar-refractivity contribution is 0.0616. The molecule has 0 aromatic heterocycles. The molecule has 1 aliphatic rings. The van der Waals surface area contributed by atoms with Gasteiger partial charge in [0.15, 0.2) is 0 Å². The third-order valence-electron chi connectivity index (χ3n) is 3.43. The Labute approximate surface area is 129 Å². The highest BCUT2D eigenvalue weighted by molar-refractivity contribution is 9.10. The highest BCUT2D eigenvalue weighted by Crippen LogP contribution is 2.19. The van der Waals surface area contributed by atoms with Crippen molar-refractivity contribution in [3.63, 3.8) is 0 Å². The Kier molecular flexibility index (Phi) is 5.83. The van der Waals surface area contributed by atoms with Gasteiger partial charge in [-0.25, -0.2) is 0 Å². The van der Waals surface area contributed by atoms with Crippen molar-refractivity contribution < 1.29 is 4.79 Å². The van der Waals surface area contributed by atoms with E-state index in [0.29, 0.717) is 6.04 Å². The number of nitrogens with one attached hydrogen (secondary N) is 1. The molecule has 1 aromatic carbocycles. The van der Waals surface area contributed by atoms with Gasteiger partial charge in [0, 0.05) is 35.2 Å². The van der Waals surface area contributed by atoms with Crippen LogP contribution in [0, 0.1) is 6.92 Å². The molecule has 1 aliphatic heterocycles. The molecule has 5 heteroatoms. The van der Waals surface area contributed by atoms with Gasteiger partial charge in [0.1, 0.15) is 0 Å². The van der Waals surface area contributed by atoms with Crippen LogP contribution in [0.25, 0.3) is 0 Å². The van der Waals surface area contributed by atoms with Crippen LogP contribution in [-0.4, -0.2) is 36.0 Å². The Morgan fingerprint density at radius 1 is 1.42 bits per heavy atom. The first-order valence-corrected chi connectivity index (χ1v) is 7.09. The molecule has 19 heavy (non-hydrogen) atoms. The van der Waals surface area contributed by atoms with E-state index < -0.39 is 0 Å². The van der Waals surface area contributed by atoms with Crippen LogP contribution in [0.5, 0.6) is 0 Å². The molecule has 1 N–H and O–H groups in total. The number of hydrogen-bond donors (Lipinski definition) is 1. The Bertz CT molecular complexity index is 467. The summed E-state index contributed by atoms with van der Waals surface area (Å²) in [7, 11) is 0. The summed E-state index contributed by atoms with van der Waals surface area (Å²) in [6.45, 7) is 7.84. The number of aryl methyl sites for hydroxylation is 1. The largest absolute Gasteiger partial charge is 0.333 e. The van der Waals surface area contributed by atoms with E-state index in [4.69, 9.17) is 0 Å². The first-order valence-electron chi connectivity index (χ1n) is 6.29.